The second kappa shape index (κ2) is 8.89. The highest BCUT2D eigenvalue weighted by Crippen LogP contribution is 2.30. The van der Waals surface area contributed by atoms with Crippen LogP contribution in [0.25, 0.3) is 0 Å². The molecule has 1 saturated carbocycles. The van der Waals surface area contributed by atoms with Crippen molar-refractivity contribution in [2.45, 2.75) is 32.4 Å². The smallest absolute Gasteiger partial charge is 0.253 e. The van der Waals surface area contributed by atoms with Crippen molar-refractivity contribution >= 4 is 35.0 Å². The standard InChI is InChI=1S/C21H22ClN3O3/c1-13(24-21(28)17-4-2-3-5-18(17)22)19(26)23-12-14-6-10-16(11-7-14)25-20(27)15-8-9-15/h2-7,10-11,13,15H,8-9,12H2,1H3,(H,23,26)(H,24,28)(H,25,27). The maximum atomic E-state index is 12.2. The van der Waals surface area contributed by atoms with Crippen LogP contribution in [-0.2, 0) is 16.1 Å². The molecule has 1 aliphatic rings. The van der Waals surface area contributed by atoms with E-state index in [0.29, 0.717) is 17.1 Å². The van der Waals surface area contributed by atoms with Crippen LogP contribution >= 0.6 is 11.6 Å². The molecule has 0 radical (unpaired) electrons. The van der Waals surface area contributed by atoms with E-state index in [-0.39, 0.29) is 17.7 Å². The molecular formula is C21H22ClN3O3. The third-order valence-corrected chi connectivity index (χ3v) is 4.83. The first-order valence-corrected chi connectivity index (χ1v) is 9.55. The van der Waals surface area contributed by atoms with Crippen LogP contribution < -0.4 is 16.0 Å². The lowest BCUT2D eigenvalue weighted by atomic mass is 10.2. The number of rotatable bonds is 7. The fourth-order valence-corrected chi connectivity index (χ4v) is 2.84. The first-order chi connectivity index (χ1) is 13.4. The van der Waals surface area contributed by atoms with Gasteiger partial charge in [-0.05, 0) is 49.6 Å². The largest absolute Gasteiger partial charge is 0.350 e. The van der Waals surface area contributed by atoms with E-state index < -0.39 is 11.9 Å². The van der Waals surface area contributed by atoms with Gasteiger partial charge in [-0.25, -0.2) is 0 Å². The summed E-state index contributed by atoms with van der Waals surface area (Å²) in [6.07, 6.45) is 1.92. The molecule has 1 fully saturated rings. The normalized spacial score (nSPS) is 14.1. The summed E-state index contributed by atoms with van der Waals surface area (Å²) in [4.78, 5) is 36.2. The Hall–Kier alpha value is -2.86. The zero-order valence-electron chi connectivity index (χ0n) is 15.5. The van der Waals surface area contributed by atoms with Gasteiger partial charge in [0.25, 0.3) is 5.91 Å². The molecule has 0 aromatic heterocycles. The topological polar surface area (TPSA) is 87.3 Å². The molecule has 0 spiro atoms. The quantitative estimate of drug-likeness (QED) is 0.668. The first kappa shape index (κ1) is 19.9. The number of benzene rings is 2. The highest BCUT2D eigenvalue weighted by Gasteiger charge is 2.29. The van der Waals surface area contributed by atoms with Gasteiger partial charge in [0.2, 0.25) is 11.8 Å². The Morgan fingerprint density at radius 2 is 1.75 bits per heavy atom. The molecule has 1 aliphatic carbocycles. The molecule has 7 heteroatoms. The molecule has 0 heterocycles. The molecule has 3 amide bonds. The van der Waals surface area contributed by atoms with Gasteiger partial charge in [0.1, 0.15) is 6.04 Å². The van der Waals surface area contributed by atoms with E-state index in [2.05, 4.69) is 16.0 Å². The fourth-order valence-electron chi connectivity index (χ4n) is 2.62. The van der Waals surface area contributed by atoms with Crippen LogP contribution in [0.5, 0.6) is 0 Å². The molecule has 3 rings (SSSR count). The average Bonchev–Trinajstić information content (AvgIpc) is 3.52. The van der Waals surface area contributed by atoms with Gasteiger partial charge in [-0.1, -0.05) is 35.9 Å². The van der Waals surface area contributed by atoms with Gasteiger partial charge in [-0.15, -0.1) is 0 Å². The summed E-state index contributed by atoms with van der Waals surface area (Å²) >= 11 is 6.00. The maximum absolute atomic E-state index is 12.2. The monoisotopic (exact) mass is 399 g/mol. The summed E-state index contributed by atoms with van der Waals surface area (Å²) in [6, 6.07) is 13.3. The van der Waals surface area contributed by atoms with Crippen molar-refractivity contribution in [2.75, 3.05) is 5.32 Å². The lowest BCUT2D eigenvalue weighted by molar-refractivity contribution is -0.122. The second-order valence-corrected chi connectivity index (χ2v) is 7.26. The molecule has 2 aromatic rings. The van der Waals surface area contributed by atoms with E-state index >= 15 is 0 Å². The van der Waals surface area contributed by atoms with Gasteiger partial charge < -0.3 is 16.0 Å². The highest BCUT2D eigenvalue weighted by atomic mass is 35.5. The summed E-state index contributed by atoms with van der Waals surface area (Å²) in [5.41, 5.74) is 1.96. The number of nitrogens with one attached hydrogen (secondary N) is 3. The number of carbonyl (C=O) groups excluding carboxylic acids is 3. The van der Waals surface area contributed by atoms with E-state index in [9.17, 15) is 14.4 Å². The third-order valence-electron chi connectivity index (χ3n) is 4.50. The Labute approximate surface area is 168 Å². The summed E-state index contributed by atoms with van der Waals surface area (Å²) in [5, 5.41) is 8.63. The molecule has 0 aliphatic heterocycles. The molecule has 0 bridgehead atoms. The van der Waals surface area contributed by atoms with Gasteiger partial charge in [0, 0.05) is 18.2 Å². The van der Waals surface area contributed by atoms with Gasteiger partial charge >= 0.3 is 0 Å². The Balaban J connectivity index is 1.47. The Morgan fingerprint density at radius 1 is 1.07 bits per heavy atom. The van der Waals surface area contributed by atoms with Gasteiger partial charge in [-0.2, -0.15) is 0 Å². The molecule has 6 nitrogen and oxygen atoms in total. The Morgan fingerprint density at radius 3 is 2.39 bits per heavy atom. The van der Waals surface area contributed by atoms with Crippen LogP contribution in [0.3, 0.4) is 0 Å². The summed E-state index contributed by atoms with van der Waals surface area (Å²) in [6.45, 7) is 1.93. The lowest BCUT2D eigenvalue weighted by Crippen LogP contribution is -2.44. The highest BCUT2D eigenvalue weighted by molar-refractivity contribution is 6.33. The van der Waals surface area contributed by atoms with Crippen molar-refractivity contribution in [1.29, 1.82) is 0 Å². The molecule has 146 valence electrons. The molecule has 3 N–H and O–H groups in total. The third kappa shape index (κ3) is 5.33. The molecule has 1 atom stereocenters. The van der Waals surface area contributed by atoms with Gasteiger partial charge in [-0.3, -0.25) is 14.4 Å². The summed E-state index contributed by atoms with van der Waals surface area (Å²) in [7, 11) is 0. The minimum absolute atomic E-state index is 0.0594. The number of amides is 3. The van der Waals surface area contributed by atoms with Crippen LogP contribution in [0.4, 0.5) is 5.69 Å². The van der Waals surface area contributed by atoms with Crippen molar-refractivity contribution in [1.82, 2.24) is 10.6 Å². The number of hydrogen-bond acceptors (Lipinski definition) is 3. The van der Waals surface area contributed by atoms with Gasteiger partial charge in [0.15, 0.2) is 0 Å². The zero-order valence-corrected chi connectivity index (χ0v) is 16.3. The Bertz CT molecular complexity index is 879. The lowest BCUT2D eigenvalue weighted by Gasteiger charge is -2.15. The van der Waals surface area contributed by atoms with E-state index in [4.69, 9.17) is 11.6 Å². The number of halogens is 1. The van der Waals surface area contributed by atoms with Crippen LogP contribution in [0.1, 0.15) is 35.7 Å². The Kier molecular flexibility index (Phi) is 6.31. The van der Waals surface area contributed by atoms with Crippen molar-refractivity contribution in [3.8, 4) is 0 Å². The van der Waals surface area contributed by atoms with E-state index in [1.165, 1.54) is 0 Å². The van der Waals surface area contributed by atoms with Crippen LogP contribution in [0.15, 0.2) is 48.5 Å². The predicted octanol–water partition coefficient (Wildman–Crippen LogP) is 3.12. The molecule has 1 unspecified atom stereocenters. The minimum Gasteiger partial charge on any atom is -0.350 e. The molecule has 28 heavy (non-hydrogen) atoms. The van der Waals surface area contributed by atoms with E-state index in [1.54, 1.807) is 31.2 Å². The summed E-state index contributed by atoms with van der Waals surface area (Å²) in [5.74, 6) is -0.485. The predicted molar refractivity (Wildman–Crippen MR) is 108 cm³/mol. The molecular weight excluding hydrogens is 378 g/mol. The number of carbonyl (C=O) groups is 3. The van der Waals surface area contributed by atoms with E-state index in [1.807, 2.05) is 24.3 Å². The van der Waals surface area contributed by atoms with Crippen LogP contribution in [-0.4, -0.2) is 23.8 Å². The average molecular weight is 400 g/mol. The SMILES string of the molecule is CC(NC(=O)c1ccccc1Cl)C(=O)NCc1ccc(NC(=O)C2CC2)cc1. The zero-order chi connectivity index (χ0) is 20.1. The van der Waals surface area contributed by atoms with Crippen molar-refractivity contribution in [2.24, 2.45) is 5.92 Å². The van der Waals surface area contributed by atoms with Crippen LogP contribution in [0, 0.1) is 5.92 Å². The van der Waals surface area contributed by atoms with Crippen molar-refractivity contribution in [3.05, 3.63) is 64.7 Å². The maximum Gasteiger partial charge on any atom is 0.253 e. The minimum atomic E-state index is -0.708. The first-order valence-electron chi connectivity index (χ1n) is 9.17. The second-order valence-electron chi connectivity index (χ2n) is 6.85. The number of anilines is 1. The van der Waals surface area contributed by atoms with Crippen molar-refractivity contribution in [3.63, 3.8) is 0 Å². The molecule has 2 aromatic carbocycles. The number of hydrogen-bond donors (Lipinski definition) is 3. The van der Waals surface area contributed by atoms with Crippen molar-refractivity contribution < 1.29 is 14.4 Å². The summed E-state index contributed by atoms with van der Waals surface area (Å²) < 4.78 is 0. The van der Waals surface area contributed by atoms with Crippen LogP contribution in [0.2, 0.25) is 5.02 Å². The van der Waals surface area contributed by atoms with Gasteiger partial charge in [0.05, 0.1) is 10.6 Å². The fraction of sp³-hybridized carbons (Fsp3) is 0.286. The van der Waals surface area contributed by atoms with E-state index in [0.717, 1.165) is 24.1 Å². The molecule has 0 saturated heterocycles.